The topological polar surface area (TPSA) is 93.7 Å². The number of imide groups is 1. The largest absolute Gasteiger partial charge is 0.449 e. The highest BCUT2D eigenvalue weighted by atomic mass is 16.5. The van der Waals surface area contributed by atoms with Crippen LogP contribution >= 0.6 is 0 Å². The molecule has 0 heterocycles. The van der Waals surface area contributed by atoms with Crippen molar-refractivity contribution in [1.29, 1.82) is 0 Å². The molecule has 0 saturated heterocycles. The van der Waals surface area contributed by atoms with E-state index >= 15 is 0 Å². The van der Waals surface area contributed by atoms with Crippen LogP contribution < -0.4 is 10.6 Å². The summed E-state index contributed by atoms with van der Waals surface area (Å²) in [6.07, 6.45) is 4.10. The molecule has 1 aliphatic carbocycles. The van der Waals surface area contributed by atoms with Gasteiger partial charge in [0, 0.05) is 13.2 Å². The lowest BCUT2D eigenvalue weighted by Gasteiger charge is -2.23. The number of nitrogens with one attached hydrogen (secondary N) is 2. The van der Waals surface area contributed by atoms with Gasteiger partial charge in [-0.3, -0.25) is 10.1 Å². The molecule has 7 heteroatoms. The average Bonchev–Trinajstić information content (AvgIpc) is 2.62. The molecule has 3 amide bonds. The first-order valence-electron chi connectivity index (χ1n) is 8.90. The van der Waals surface area contributed by atoms with E-state index in [1.54, 1.807) is 25.3 Å². The summed E-state index contributed by atoms with van der Waals surface area (Å²) in [5.74, 6) is -1.28. The Morgan fingerprint density at radius 3 is 2.62 bits per heavy atom. The van der Waals surface area contributed by atoms with Crippen molar-refractivity contribution in [3.05, 3.63) is 35.4 Å². The SMILES string of the molecule is COCc1cccc(C(=O)O[C@H](C)C(=O)NC(=O)NC2CCCCC2)c1. The van der Waals surface area contributed by atoms with Gasteiger partial charge in [0.25, 0.3) is 5.91 Å². The van der Waals surface area contributed by atoms with Gasteiger partial charge in [-0.15, -0.1) is 0 Å². The third kappa shape index (κ3) is 6.15. The second-order valence-electron chi connectivity index (χ2n) is 6.48. The predicted octanol–water partition coefficient (Wildman–Crippen LogP) is 2.54. The van der Waals surface area contributed by atoms with E-state index < -0.39 is 24.0 Å². The van der Waals surface area contributed by atoms with Gasteiger partial charge in [0.2, 0.25) is 0 Å². The maximum absolute atomic E-state index is 12.2. The van der Waals surface area contributed by atoms with Crippen LogP contribution in [0.25, 0.3) is 0 Å². The number of carbonyl (C=O) groups is 3. The van der Waals surface area contributed by atoms with Gasteiger partial charge in [-0.1, -0.05) is 31.4 Å². The molecular weight excluding hydrogens is 336 g/mol. The molecule has 26 heavy (non-hydrogen) atoms. The molecule has 0 bridgehead atoms. The summed E-state index contributed by atoms with van der Waals surface area (Å²) in [6, 6.07) is 6.33. The van der Waals surface area contributed by atoms with Crippen LogP contribution in [0.4, 0.5) is 4.79 Å². The number of carbonyl (C=O) groups excluding carboxylic acids is 3. The molecule has 1 saturated carbocycles. The Morgan fingerprint density at radius 1 is 1.19 bits per heavy atom. The number of hydrogen-bond acceptors (Lipinski definition) is 5. The monoisotopic (exact) mass is 362 g/mol. The van der Waals surface area contributed by atoms with Gasteiger partial charge >= 0.3 is 12.0 Å². The van der Waals surface area contributed by atoms with E-state index in [1.807, 2.05) is 6.07 Å². The van der Waals surface area contributed by atoms with Crippen molar-refractivity contribution < 1.29 is 23.9 Å². The molecule has 0 spiro atoms. The predicted molar refractivity (Wildman–Crippen MR) is 95.6 cm³/mol. The molecule has 0 aliphatic heterocycles. The van der Waals surface area contributed by atoms with Crippen LogP contribution in [0.5, 0.6) is 0 Å². The molecule has 142 valence electrons. The highest BCUT2D eigenvalue weighted by molar-refractivity contribution is 5.98. The Balaban J connectivity index is 1.82. The van der Waals surface area contributed by atoms with Crippen molar-refractivity contribution in [1.82, 2.24) is 10.6 Å². The number of hydrogen-bond donors (Lipinski definition) is 2. The van der Waals surface area contributed by atoms with Crippen LogP contribution in [0.3, 0.4) is 0 Å². The summed E-state index contributed by atoms with van der Waals surface area (Å²) in [6.45, 7) is 1.80. The van der Waals surface area contributed by atoms with Crippen LogP contribution in [0.15, 0.2) is 24.3 Å². The van der Waals surface area contributed by atoms with E-state index in [0.717, 1.165) is 31.2 Å². The van der Waals surface area contributed by atoms with Crippen molar-refractivity contribution in [2.45, 2.75) is 57.8 Å². The summed E-state index contributed by atoms with van der Waals surface area (Å²) < 4.78 is 10.2. The maximum atomic E-state index is 12.2. The first-order valence-corrected chi connectivity index (χ1v) is 8.90. The smallest absolute Gasteiger partial charge is 0.338 e. The number of rotatable bonds is 6. The summed E-state index contributed by atoms with van der Waals surface area (Å²) in [5, 5.41) is 5.02. The molecule has 0 unspecified atom stereocenters. The minimum absolute atomic E-state index is 0.0953. The summed E-state index contributed by atoms with van der Waals surface area (Å²) in [4.78, 5) is 36.1. The molecule has 7 nitrogen and oxygen atoms in total. The van der Waals surface area contributed by atoms with Gasteiger partial charge < -0.3 is 14.8 Å². The fourth-order valence-electron chi connectivity index (χ4n) is 2.92. The third-order valence-electron chi connectivity index (χ3n) is 4.30. The Morgan fingerprint density at radius 2 is 1.92 bits per heavy atom. The lowest BCUT2D eigenvalue weighted by molar-refractivity contribution is -0.127. The minimum atomic E-state index is -1.08. The summed E-state index contributed by atoms with van der Waals surface area (Å²) >= 11 is 0. The van der Waals surface area contributed by atoms with Gasteiger partial charge in [0.1, 0.15) is 0 Å². The van der Waals surface area contributed by atoms with Crippen molar-refractivity contribution >= 4 is 17.9 Å². The third-order valence-corrected chi connectivity index (χ3v) is 4.30. The van der Waals surface area contributed by atoms with Crippen LogP contribution in [0.2, 0.25) is 0 Å². The molecular formula is C19H26N2O5. The zero-order valence-electron chi connectivity index (χ0n) is 15.2. The molecule has 1 fully saturated rings. The Kier molecular flexibility index (Phi) is 7.59. The first-order chi connectivity index (χ1) is 12.5. The van der Waals surface area contributed by atoms with Gasteiger partial charge in [0.15, 0.2) is 6.10 Å². The quantitative estimate of drug-likeness (QED) is 0.759. The lowest BCUT2D eigenvalue weighted by atomic mass is 9.96. The number of esters is 1. The number of amides is 3. The van der Waals surface area contributed by atoms with E-state index in [2.05, 4.69) is 10.6 Å². The number of ether oxygens (including phenoxy) is 2. The molecule has 1 atom stereocenters. The molecule has 0 aromatic heterocycles. The van der Waals surface area contributed by atoms with Crippen LogP contribution in [-0.2, 0) is 20.9 Å². The molecule has 2 rings (SSSR count). The number of benzene rings is 1. The van der Waals surface area contributed by atoms with E-state index in [-0.39, 0.29) is 6.04 Å². The Labute approximate surface area is 153 Å². The van der Waals surface area contributed by atoms with Crippen LogP contribution in [-0.4, -0.2) is 37.2 Å². The number of urea groups is 1. The van der Waals surface area contributed by atoms with Gasteiger partial charge in [-0.25, -0.2) is 9.59 Å². The minimum Gasteiger partial charge on any atom is -0.449 e. The summed E-state index contributed by atoms with van der Waals surface area (Å²) in [7, 11) is 1.57. The van der Waals surface area contributed by atoms with Gasteiger partial charge in [-0.2, -0.15) is 0 Å². The standard InChI is InChI=1S/C19H26N2O5/c1-13(17(22)21-19(24)20-16-9-4-3-5-10-16)26-18(23)15-8-6-7-14(11-15)12-25-2/h6-8,11,13,16H,3-5,9-10,12H2,1-2H3,(H2,20,21,22,24)/t13-/m1/s1. The molecule has 1 aromatic carbocycles. The van der Waals surface area contributed by atoms with Gasteiger partial charge in [-0.05, 0) is 37.5 Å². The normalized spacial score (nSPS) is 15.8. The fourth-order valence-corrected chi connectivity index (χ4v) is 2.92. The molecule has 1 aliphatic rings. The zero-order chi connectivity index (χ0) is 18.9. The van der Waals surface area contributed by atoms with E-state index in [9.17, 15) is 14.4 Å². The first kappa shape index (κ1) is 19.9. The highest BCUT2D eigenvalue weighted by Gasteiger charge is 2.22. The average molecular weight is 362 g/mol. The van der Waals surface area contributed by atoms with Crippen LogP contribution in [0.1, 0.15) is 54.9 Å². The second kappa shape index (κ2) is 9.91. The van der Waals surface area contributed by atoms with E-state index in [1.165, 1.54) is 13.3 Å². The lowest BCUT2D eigenvalue weighted by Crippen LogP contribution is -2.48. The van der Waals surface area contributed by atoms with Gasteiger partial charge in [0.05, 0.1) is 12.2 Å². The van der Waals surface area contributed by atoms with E-state index in [0.29, 0.717) is 12.2 Å². The van der Waals surface area contributed by atoms with Crippen molar-refractivity contribution in [3.63, 3.8) is 0 Å². The summed E-state index contributed by atoms with van der Waals surface area (Å²) in [5.41, 5.74) is 1.15. The Bertz CT molecular complexity index is 641. The fraction of sp³-hybridized carbons (Fsp3) is 0.526. The maximum Gasteiger partial charge on any atom is 0.338 e. The number of methoxy groups -OCH3 is 1. The zero-order valence-corrected chi connectivity index (χ0v) is 15.2. The van der Waals surface area contributed by atoms with Crippen molar-refractivity contribution in [2.24, 2.45) is 0 Å². The second-order valence-corrected chi connectivity index (χ2v) is 6.48. The van der Waals surface area contributed by atoms with Crippen molar-refractivity contribution in [3.8, 4) is 0 Å². The molecule has 1 aromatic rings. The van der Waals surface area contributed by atoms with Crippen LogP contribution in [0, 0.1) is 0 Å². The molecule has 0 radical (unpaired) electrons. The highest BCUT2D eigenvalue weighted by Crippen LogP contribution is 2.17. The van der Waals surface area contributed by atoms with Crippen molar-refractivity contribution in [2.75, 3.05) is 7.11 Å². The van der Waals surface area contributed by atoms with E-state index in [4.69, 9.17) is 9.47 Å². The molecule has 2 N–H and O–H groups in total. The Hall–Kier alpha value is -2.41.